The lowest BCUT2D eigenvalue weighted by molar-refractivity contribution is -0.140. The van der Waals surface area contributed by atoms with Crippen LogP contribution in [-0.4, -0.2) is 52.0 Å². The number of benzene rings is 2. The maximum Gasteiger partial charge on any atom is 0.325 e. The number of urea groups is 1. The van der Waals surface area contributed by atoms with E-state index in [1.54, 1.807) is 29.2 Å². The quantitative estimate of drug-likeness (QED) is 0.319. The molecule has 2 aromatic rings. The van der Waals surface area contributed by atoms with Crippen LogP contribution in [-0.2, 0) is 16.1 Å². The molecule has 1 saturated heterocycles. The van der Waals surface area contributed by atoms with Gasteiger partial charge in [0.2, 0.25) is 11.6 Å². The van der Waals surface area contributed by atoms with Crippen LogP contribution in [0.15, 0.2) is 54.6 Å². The molecule has 1 aliphatic heterocycles. The van der Waals surface area contributed by atoms with Crippen LogP contribution in [0.2, 0.25) is 0 Å². The number of carbonyl (C=O) groups excluding carboxylic acids is 3. The van der Waals surface area contributed by atoms with E-state index in [9.17, 15) is 14.4 Å². The molecule has 8 heteroatoms. The van der Waals surface area contributed by atoms with Crippen LogP contribution in [0.3, 0.4) is 0 Å². The molecule has 1 aliphatic carbocycles. The van der Waals surface area contributed by atoms with E-state index in [0.29, 0.717) is 23.7 Å². The van der Waals surface area contributed by atoms with Crippen molar-refractivity contribution in [2.45, 2.75) is 38.4 Å². The number of amides is 4. The largest absolute Gasteiger partial charge is 0.398 e. The van der Waals surface area contributed by atoms with Crippen LogP contribution in [0.4, 0.5) is 10.5 Å². The Hall–Kier alpha value is -3.68. The minimum Gasteiger partial charge on any atom is -0.398 e. The van der Waals surface area contributed by atoms with Crippen LogP contribution in [0, 0.1) is 5.92 Å². The predicted octanol–water partition coefficient (Wildman–Crippen LogP) is 0.565. The third kappa shape index (κ3) is 4.34. The fourth-order valence-corrected chi connectivity index (χ4v) is 4.09. The second kappa shape index (κ2) is 8.82. The Kier molecular flexibility index (Phi) is 5.94. The molecule has 2 atom stereocenters. The number of nitrogens with zero attached hydrogens (tertiary/aromatic N) is 2. The molecule has 2 unspecified atom stereocenters. The Morgan fingerprint density at radius 1 is 1.16 bits per heavy atom. The molecule has 166 valence electrons. The molecule has 2 aromatic carbocycles. The number of imide groups is 1. The summed E-state index contributed by atoms with van der Waals surface area (Å²) in [7, 11) is 0. The summed E-state index contributed by atoms with van der Waals surface area (Å²) in [6.45, 7) is 2.12. The number of rotatable bonds is 8. The van der Waals surface area contributed by atoms with Gasteiger partial charge in [0.15, 0.2) is 6.04 Å². The Morgan fingerprint density at radius 3 is 2.47 bits per heavy atom. The van der Waals surface area contributed by atoms with E-state index in [-0.39, 0.29) is 24.2 Å². The van der Waals surface area contributed by atoms with E-state index in [1.165, 1.54) is 0 Å². The topological polar surface area (TPSA) is 121 Å². The second-order valence-corrected chi connectivity index (χ2v) is 8.43. The highest BCUT2D eigenvalue weighted by Gasteiger charge is 2.45. The van der Waals surface area contributed by atoms with Gasteiger partial charge in [-0.25, -0.2) is 4.79 Å². The number of hydrogen-bond donors (Lipinski definition) is 3. The van der Waals surface area contributed by atoms with Gasteiger partial charge in [-0.2, -0.15) is 0 Å². The van der Waals surface area contributed by atoms with Crippen LogP contribution < -0.4 is 16.5 Å². The van der Waals surface area contributed by atoms with Crippen molar-refractivity contribution < 1.29 is 19.8 Å². The number of para-hydroxylation sites is 1. The molecule has 2 aliphatic rings. The maximum absolute atomic E-state index is 13.3. The molecule has 0 bridgehead atoms. The Morgan fingerprint density at radius 2 is 1.81 bits per heavy atom. The van der Waals surface area contributed by atoms with Crippen LogP contribution >= 0.6 is 0 Å². The van der Waals surface area contributed by atoms with Crippen LogP contribution in [0.25, 0.3) is 0 Å². The predicted molar refractivity (Wildman–Crippen MR) is 120 cm³/mol. The number of nitrogens with one attached hydrogen (secondary N) is 1. The SMILES string of the molecule is CC(C1CC1)N(Cc1ccccc1)C(=O)CN1C(=O)NC(C(=[NH2+])c2ccccc2N)C1=O. The highest BCUT2D eigenvalue weighted by atomic mass is 16.2. The molecule has 4 amide bonds. The normalized spacial score (nSPS) is 18.9. The monoisotopic (exact) mass is 434 g/mol. The first-order valence-corrected chi connectivity index (χ1v) is 10.8. The van der Waals surface area contributed by atoms with Crippen molar-refractivity contribution in [3.63, 3.8) is 0 Å². The van der Waals surface area contributed by atoms with Crippen LogP contribution in [0.1, 0.15) is 30.9 Å². The lowest BCUT2D eigenvalue weighted by Gasteiger charge is -2.30. The lowest BCUT2D eigenvalue weighted by Crippen LogP contribution is -2.54. The summed E-state index contributed by atoms with van der Waals surface area (Å²) in [6.07, 6.45) is 2.16. The van der Waals surface area contributed by atoms with Gasteiger partial charge in [-0.15, -0.1) is 0 Å². The molecule has 8 nitrogen and oxygen atoms in total. The Labute approximate surface area is 186 Å². The van der Waals surface area contributed by atoms with E-state index in [2.05, 4.69) is 5.32 Å². The summed E-state index contributed by atoms with van der Waals surface area (Å²) in [6, 6.07) is 14.9. The highest BCUT2D eigenvalue weighted by Crippen LogP contribution is 2.35. The van der Waals surface area contributed by atoms with Crippen molar-refractivity contribution in [2.24, 2.45) is 5.92 Å². The molecule has 5 N–H and O–H groups in total. The summed E-state index contributed by atoms with van der Waals surface area (Å²) < 4.78 is 0. The van der Waals surface area contributed by atoms with E-state index in [0.717, 1.165) is 23.3 Å². The van der Waals surface area contributed by atoms with Crippen molar-refractivity contribution in [3.8, 4) is 0 Å². The van der Waals surface area contributed by atoms with E-state index >= 15 is 0 Å². The van der Waals surface area contributed by atoms with Crippen molar-refractivity contribution in [2.75, 3.05) is 12.3 Å². The molecule has 4 rings (SSSR count). The number of carbonyl (C=O) groups is 3. The lowest BCUT2D eigenvalue weighted by atomic mass is 10.0. The van der Waals surface area contributed by atoms with Crippen molar-refractivity contribution in [1.29, 1.82) is 0 Å². The van der Waals surface area contributed by atoms with Gasteiger partial charge in [-0.3, -0.25) is 19.9 Å². The summed E-state index contributed by atoms with van der Waals surface area (Å²) in [5, 5.41) is 8.77. The average molecular weight is 435 g/mol. The highest BCUT2D eigenvalue weighted by molar-refractivity contribution is 6.22. The minimum atomic E-state index is -1.05. The van der Waals surface area contributed by atoms with Gasteiger partial charge in [-0.05, 0) is 43.4 Å². The number of nitrogens with two attached hydrogens (primary N) is 2. The van der Waals surface area contributed by atoms with Gasteiger partial charge in [0.25, 0.3) is 5.91 Å². The standard InChI is InChI=1S/C24H27N5O3/c1-15(17-11-12-17)28(13-16-7-3-2-4-8-16)20(30)14-29-23(31)22(27-24(29)32)21(26)18-9-5-6-10-19(18)25/h2-10,15,17,22,26H,11-14,25H2,1H3,(H,27,32)/p+1. The van der Waals surface area contributed by atoms with Crippen molar-refractivity contribution >= 4 is 29.2 Å². The smallest absolute Gasteiger partial charge is 0.325 e. The van der Waals surface area contributed by atoms with E-state index < -0.39 is 18.0 Å². The van der Waals surface area contributed by atoms with Gasteiger partial charge < -0.3 is 16.0 Å². The summed E-state index contributed by atoms with van der Waals surface area (Å²) in [5.74, 6) is -0.374. The molecule has 1 heterocycles. The fraction of sp³-hybridized carbons (Fsp3) is 0.333. The summed E-state index contributed by atoms with van der Waals surface area (Å²) in [5.41, 5.74) is 8.03. The Bertz CT molecular complexity index is 1050. The Balaban J connectivity index is 1.49. The number of anilines is 1. The molecule has 0 spiro atoms. The first-order valence-electron chi connectivity index (χ1n) is 10.8. The molecule has 32 heavy (non-hydrogen) atoms. The first-order chi connectivity index (χ1) is 15.4. The molecular weight excluding hydrogens is 406 g/mol. The number of nitrogen functional groups attached to an aromatic ring is 1. The van der Waals surface area contributed by atoms with Gasteiger partial charge in [0.05, 0.1) is 5.56 Å². The summed E-state index contributed by atoms with van der Waals surface area (Å²) in [4.78, 5) is 41.5. The zero-order chi connectivity index (χ0) is 22.8. The minimum absolute atomic E-state index is 0.0278. The maximum atomic E-state index is 13.3. The first kappa shape index (κ1) is 21.5. The van der Waals surface area contributed by atoms with E-state index in [1.807, 2.05) is 37.3 Å². The molecular formula is C24H28N5O3+. The number of hydrogen-bond acceptors (Lipinski definition) is 4. The van der Waals surface area contributed by atoms with Crippen LogP contribution in [0.5, 0.6) is 0 Å². The average Bonchev–Trinajstić information content (AvgIpc) is 3.60. The molecule has 1 saturated carbocycles. The van der Waals surface area contributed by atoms with Gasteiger partial charge in [-0.1, -0.05) is 42.5 Å². The fourth-order valence-electron chi connectivity index (χ4n) is 4.09. The molecule has 0 aromatic heterocycles. The second-order valence-electron chi connectivity index (χ2n) is 8.43. The van der Waals surface area contributed by atoms with Gasteiger partial charge >= 0.3 is 6.03 Å². The third-order valence-electron chi connectivity index (χ3n) is 6.21. The van der Waals surface area contributed by atoms with Crippen molar-refractivity contribution in [1.82, 2.24) is 15.1 Å². The zero-order valence-electron chi connectivity index (χ0n) is 18.0. The van der Waals surface area contributed by atoms with Gasteiger partial charge in [0.1, 0.15) is 6.54 Å². The third-order valence-corrected chi connectivity index (χ3v) is 6.21. The van der Waals surface area contributed by atoms with E-state index in [4.69, 9.17) is 11.1 Å². The van der Waals surface area contributed by atoms with Crippen molar-refractivity contribution in [3.05, 3.63) is 65.7 Å². The van der Waals surface area contributed by atoms with Gasteiger partial charge in [0, 0.05) is 18.3 Å². The zero-order valence-corrected chi connectivity index (χ0v) is 18.0. The summed E-state index contributed by atoms with van der Waals surface area (Å²) >= 11 is 0. The molecule has 0 radical (unpaired) electrons. The molecule has 2 fully saturated rings.